The van der Waals surface area contributed by atoms with E-state index in [1.54, 1.807) is 0 Å². The Morgan fingerprint density at radius 1 is 0.733 bits per heavy atom. The molecule has 0 saturated heterocycles. The van der Waals surface area contributed by atoms with Crippen molar-refractivity contribution in [3.05, 3.63) is 108 Å². The number of halogens is 1. The molecule has 3 aromatic rings. The average molecular weight is 487 g/mol. The molecule has 7 heteroatoms. The van der Waals surface area contributed by atoms with Crippen LogP contribution < -0.4 is 28.1 Å². The number of hydrogen-bond acceptors (Lipinski definition) is 4. The number of hydrogen-bond donors (Lipinski definition) is 1. The van der Waals surface area contributed by atoms with Crippen LogP contribution in [0.2, 0.25) is 0 Å². The molecule has 3 aromatic carbocycles. The Labute approximate surface area is 183 Å². The van der Waals surface area contributed by atoms with Crippen molar-refractivity contribution in [3.63, 3.8) is 0 Å². The molecule has 1 N–H and O–H groups in total. The van der Waals surface area contributed by atoms with E-state index in [-0.39, 0.29) is 0 Å². The number of allylic oxidation sites excluding steroid dienone is 3. The van der Waals surface area contributed by atoms with E-state index in [9.17, 15) is 0 Å². The third-order valence-corrected chi connectivity index (χ3v) is 6.46. The Kier molecular flexibility index (Phi) is 7.74. The molecule has 0 saturated carbocycles. The van der Waals surface area contributed by atoms with Gasteiger partial charge in [-0.25, -0.2) is 18.6 Å². The van der Waals surface area contributed by atoms with Crippen molar-refractivity contribution in [2.24, 2.45) is 0 Å². The predicted molar refractivity (Wildman–Crippen MR) is 107 cm³/mol. The summed E-state index contributed by atoms with van der Waals surface area (Å²) in [7, 11) is -4.94. The second kappa shape index (κ2) is 10.5. The van der Waals surface area contributed by atoms with Gasteiger partial charge in [-0.2, -0.15) is 0 Å². The molecular formula is C23H18ClNO4Se. The van der Waals surface area contributed by atoms with E-state index in [0.29, 0.717) is 15.0 Å². The zero-order valence-electron chi connectivity index (χ0n) is 15.7. The Hall–Kier alpha value is -2.54. The topological polar surface area (TPSA) is 106 Å². The summed E-state index contributed by atoms with van der Waals surface area (Å²) < 4.78 is 36.8. The predicted octanol–water partition coefficient (Wildman–Crippen LogP) is -1.82. The molecule has 0 amide bonds. The van der Waals surface area contributed by atoms with Crippen LogP contribution in [0.3, 0.4) is 0 Å². The van der Waals surface area contributed by atoms with Gasteiger partial charge >= 0.3 is 155 Å². The van der Waals surface area contributed by atoms with Gasteiger partial charge in [0, 0.05) is 0 Å². The van der Waals surface area contributed by atoms with Gasteiger partial charge in [0.25, 0.3) is 0 Å². The molecule has 1 aliphatic rings. The zero-order valence-corrected chi connectivity index (χ0v) is 18.2. The van der Waals surface area contributed by atoms with Gasteiger partial charge in [-0.15, -0.1) is 10.2 Å². The first-order valence-corrected chi connectivity index (χ1v) is 11.9. The second-order valence-corrected chi connectivity index (χ2v) is 9.18. The summed E-state index contributed by atoms with van der Waals surface area (Å²) in [6, 6.07) is 29.7. The summed E-state index contributed by atoms with van der Waals surface area (Å²) in [5.74, 6) is 0. The van der Waals surface area contributed by atoms with E-state index in [0.717, 1.165) is 5.69 Å². The van der Waals surface area contributed by atoms with E-state index < -0.39 is 10.2 Å². The number of para-hydroxylation sites is 1. The first-order chi connectivity index (χ1) is 14.4. The SMILES string of the molecule is C(/C=C1/C=C(c2ccccc2)[Se]c2ccccc21)=[NH+]c1ccccc1.[O-][Cl+3]([O-])([O-])[O-]. The minimum atomic E-state index is -4.94. The van der Waals surface area contributed by atoms with Crippen LogP contribution in [-0.4, -0.2) is 21.2 Å². The molecule has 0 fully saturated rings. The third-order valence-electron chi connectivity index (χ3n) is 4.05. The van der Waals surface area contributed by atoms with E-state index >= 15 is 0 Å². The molecule has 0 unspecified atom stereocenters. The first-order valence-electron chi connectivity index (χ1n) is 8.91. The van der Waals surface area contributed by atoms with Crippen molar-refractivity contribution in [1.82, 2.24) is 0 Å². The molecule has 0 radical (unpaired) electrons. The summed E-state index contributed by atoms with van der Waals surface area (Å²) in [6.07, 6.45) is 6.53. The van der Waals surface area contributed by atoms with Crippen LogP contribution in [0, 0.1) is 10.2 Å². The molecule has 0 aromatic heterocycles. The van der Waals surface area contributed by atoms with E-state index in [2.05, 4.69) is 83.9 Å². The number of nitrogens with one attached hydrogen (secondary N) is 1. The van der Waals surface area contributed by atoms with Gasteiger partial charge in [-0.05, 0) is 0 Å². The van der Waals surface area contributed by atoms with E-state index in [4.69, 9.17) is 18.6 Å². The van der Waals surface area contributed by atoms with Gasteiger partial charge in [0.15, 0.2) is 0 Å². The molecular weight excluding hydrogens is 469 g/mol. The Morgan fingerprint density at radius 2 is 1.30 bits per heavy atom. The van der Waals surface area contributed by atoms with Crippen LogP contribution in [-0.2, 0) is 0 Å². The maximum atomic E-state index is 8.49. The summed E-state index contributed by atoms with van der Waals surface area (Å²) in [5.41, 5.74) is 5.01. The van der Waals surface area contributed by atoms with Crippen molar-refractivity contribution in [1.29, 1.82) is 0 Å². The number of fused-ring (bicyclic) bond motifs is 1. The molecule has 0 aliphatic carbocycles. The smallest absolute Gasteiger partial charge is 0.112 e. The van der Waals surface area contributed by atoms with Crippen LogP contribution in [0.4, 0.5) is 5.69 Å². The molecule has 1 heterocycles. The molecule has 30 heavy (non-hydrogen) atoms. The molecule has 1 aliphatic heterocycles. The minimum Gasteiger partial charge on any atom is -0.222 e. The van der Waals surface area contributed by atoms with Crippen LogP contribution in [0.1, 0.15) is 11.1 Å². The monoisotopic (exact) mass is 487 g/mol. The first kappa shape index (κ1) is 22.2. The molecule has 0 bridgehead atoms. The van der Waals surface area contributed by atoms with Gasteiger partial charge in [-0.1, -0.05) is 0 Å². The van der Waals surface area contributed by atoms with Gasteiger partial charge in [0.2, 0.25) is 0 Å². The minimum absolute atomic E-state index is 0.335. The summed E-state index contributed by atoms with van der Waals surface area (Å²) in [5, 5.41) is 0. The fourth-order valence-corrected chi connectivity index (χ4v) is 5.15. The van der Waals surface area contributed by atoms with Crippen molar-refractivity contribution in [3.8, 4) is 0 Å². The quantitative estimate of drug-likeness (QED) is 0.348. The Bertz CT molecular complexity index is 1060. The number of rotatable bonds is 3. The molecule has 0 spiro atoms. The maximum Gasteiger partial charge on any atom is -0.112 e. The zero-order chi connectivity index (χ0) is 21.4. The summed E-state index contributed by atoms with van der Waals surface area (Å²) in [6.45, 7) is 0. The molecule has 152 valence electrons. The third kappa shape index (κ3) is 7.06. The van der Waals surface area contributed by atoms with Gasteiger partial charge in [0.05, 0.1) is 0 Å². The molecule has 0 atom stereocenters. The number of benzene rings is 3. The molecule has 4 rings (SSSR count). The van der Waals surface area contributed by atoms with E-state index in [1.807, 2.05) is 24.4 Å². The van der Waals surface area contributed by atoms with E-state index in [1.165, 1.54) is 25.6 Å². The van der Waals surface area contributed by atoms with Crippen molar-refractivity contribution >= 4 is 41.4 Å². The van der Waals surface area contributed by atoms with Crippen LogP contribution >= 0.6 is 0 Å². The largest absolute Gasteiger partial charge is 0.222 e. The van der Waals surface area contributed by atoms with Crippen molar-refractivity contribution in [2.45, 2.75) is 0 Å². The van der Waals surface area contributed by atoms with Crippen LogP contribution in [0.25, 0.3) is 10.0 Å². The van der Waals surface area contributed by atoms with Gasteiger partial charge in [0.1, 0.15) is 0 Å². The fraction of sp³-hybridized carbons (Fsp3) is 0. The molecule has 5 nitrogen and oxygen atoms in total. The average Bonchev–Trinajstić information content (AvgIpc) is 2.74. The standard InChI is InChI=1S/C23H17NSe.ClHO4/c1-3-9-18(10-4-1)23-17-19(21-13-7-8-14-22(21)25-23)15-16-24-20-11-5-2-6-12-20;2-1(3,4)5/h1-17H;(H,2,3,4,5)/b19-15-,24-16?;. The summed E-state index contributed by atoms with van der Waals surface area (Å²) >= 11 is 0.335. The Morgan fingerprint density at radius 3 is 1.97 bits per heavy atom. The van der Waals surface area contributed by atoms with Crippen LogP contribution in [0.5, 0.6) is 0 Å². The maximum absolute atomic E-state index is 8.49. The Balaban J connectivity index is 0.000000461. The normalized spacial score (nSPS) is 14.7. The van der Waals surface area contributed by atoms with Crippen LogP contribution in [0.15, 0.2) is 97.1 Å². The summed E-state index contributed by atoms with van der Waals surface area (Å²) in [4.78, 5) is 3.35. The van der Waals surface area contributed by atoms with Crippen molar-refractivity contribution < 1.29 is 33.9 Å². The second-order valence-electron chi connectivity index (χ2n) is 6.15. The fourth-order valence-electron chi connectivity index (χ4n) is 2.81. The van der Waals surface area contributed by atoms with Gasteiger partial charge < -0.3 is 0 Å². The van der Waals surface area contributed by atoms with Gasteiger partial charge in [-0.3, -0.25) is 0 Å². The van der Waals surface area contributed by atoms with Crippen molar-refractivity contribution in [2.75, 3.05) is 0 Å².